The Balaban J connectivity index is 2.00. The lowest BCUT2D eigenvalue weighted by Crippen LogP contribution is -1.91. The van der Waals surface area contributed by atoms with E-state index in [9.17, 15) is 4.39 Å². The number of imidazole rings is 1. The van der Waals surface area contributed by atoms with Gasteiger partial charge in [-0.25, -0.2) is 4.39 Å². The maximum absolute atomic E-state index is 13.2. The maximum atomic E-state index is 13.2. The van der Waals surface area contributed by atoms with Crippen molar-refractivity contribution < 1.29 is 9.13 Å². The highest BCUT2D eigenvalue weighted by Crippen LogP contribution is 2.31. The Morgan fingerprint density at radius 1 is 1.42 bits per heavy atom. The monoisotopic (exact) mass is 404 g/mol. The van der Waals surface area contributed by atoms with Gasteiger partial charge in [0.2, 0.25) is 5.88 Å². The maximum Gasteiger partial charge on any atom is 0.243 e. The van der Waals surface area contributed by atoms with E-state index in [0.717, 1.165) is 10.7 Å². The van der Waals surface area contributed by atoms with Crippen molar-refractivity contribution in [3.05, 3.63) is 45.8 Å². The molecule has 0 amide bonds. The molecule has 3 nitrogen and oxygen atoms in total. The number of ether oxygens (including phenoxy) is 1. The second-order valence-corrected chi connectivity index (χ2v) is 6.02. The van der Waals surface area contributed by atoms with Crippen LogP contribution in [0.3, 0.4) is 0 Å². The molecule has 0 aliphatic rings. The molecule has 0 aliphatic carbocycles. The summed E-state index contributed by atoms with van der Waals surface area (Å²) in [6, 6.07) is 4.51. The van der Waals surface area contributed by atoms with Crippen LogP contribution in [0.1, 0.15) is 5.69 Å². The van der Waals surface area contributed by atoms with E-state index >= 15 is 0 Å². The molecule has 0 saturated heterocycles. The van der Waals surface area contributed by atoms with Gasteiger partial charge in [-0.2, -0.15) is 4.98 Å². The summed E-state index contributed by atoms with van der Waals surface area (Å²) in [5.74, 6) is 0.752. The van der Waals surface area contributed by atoms with Crippen LogP contribution in [-0.4, -0.2) is 9.38 Å². The van der Waals surface area contributed by atoms with Gasteiger partial charge in [-0.3, -0.25) is 4.40 Å². The Hall–Kier alpha value is -0.920. The number of rotatable bonds is 3. The molecule has 0 saturated carbocycles. The van der Waals surface area contributed by atoms with Gasteiger partial charge in [0.05, 0.1) is 10.2 Å². The minimum Gasteiger partial charge on any atom is -0.437 e. The van der Waals surface area contributed by atoms with Crippen LogP contribution < -0.4 is 4.74 Å². The van der Waals surface area contributed by atoms with E-state index in [1.807, 2.05) is 16.0 Å². The fraction of sp³-hybridized carbons (Fsp3) is 0.0833. The molecule has 0 aliphatic heterocycles. The molecule has 2 heterocycles. The number of alkyl halides is 1. The standard InChI is InChI=1S/C12H7Br2FN2OS/c13-6-10-11(16-12-17(10)3-4-19-12)18-7-1-2-9(15)8(14)5-7/h1-5H,6H2. The lowest BCUT2D eigenvalue weighted by molar-refractivity contribution is 0.459. The third-order valence-electron chi connectivity index (χ3n) is 2.56. The van der Waals surface area contributed by atoms with Gasteiger partial charge in [-0.05, 0) is 34.1 Å². The van der Waals surface area contributed by atoms with E-state index in [4.69, 9.17) is 4.74 Å². The Bertz CT molecular complexity index is 740. The first-order chi connectivity index (χ1) is 9.19. The quantitative estimate of drug-likeness (QED) is 0.574. The van der Waals surface area contributed by atoms with E-state index < -0.39 is 0 Å². The molecule has 7 heteroatoms. The van der Waals surface area contributed by atoms with E-state index in [-0.39, 0.29) is 5.82 Å². The van der Waals surface area contributed by atoms with E-state index in [1.165, 1.54) is 17.4 Å². The van der Waals surface area contributed by atoms with Crippen LogP contribution in [0.25, 0.3) is 4.96 Å². The Morgan fingerprint density at radius 2 is 2.26 bits per heavy atom. The second kappa shape index (κ2) is 5.22. The first kappa shape index (κ1) is 13.1. The number of halogens is 3. The fourth-order valence-electron chi connectivity index (χ4n) is 1.67. The Morgan fingerprint density at radius 3 is 3.00 bits per heavy atom. The Labute approximate surface area is 129 Å². The van der Waals surface area contributed by atoms with Gasteiger partial charge in [0, 0.05) is 16.9 Å². The molecule has 3 aromatic rings. The molecule has 0 N–H and O–H groups in total. The van der Waals surface area contributed by atoms with Crippen molar-refractivity contribution in [1.82, 2.24) is 9.38 Å². The summed E-state index contributed by atoms with van der Waals surface area (Å²) in [4.78, 5) is 5.28. The highest BCUT2D eigenvalue weighted by molar-refractivity contribution is 9.10. The largest absolute Gasteiger partial charge is 0.437 e. The number of aromatic nitrogens is 2. The predicted molar refractivity (Wildman–Crippen MR) is 79.9 cm³/mol. The van der Waals surface area contributed by atoms with Gasteiger partial charge in [-0.15, -0.1) is 11.3 Å². The molecule has 3 rings (SSSR count). The zero-order valence-corrected chi connectivity index (χ0v) is 13.4. The molecule has 2 aromatic heterocycles. The molecule has 0 fully saturated rings. The molecule has 19 heavy (non-hydrogen) atoms. The third kappa shape index (κ3) is 2.42. The molecule has 0 unspecified atom stereocenters. The third-order valence-corrected chi connectivity index (χ3v) is 4.45. The molecular formula is C12H7Br2FN2OS. The predicted octanol–water partition coefficient (Wildman–Crippen LogP) is 4.98. The number of hydrogen-bond acceptors (Lipinski definition) is 3. The SMILES string of the molecule is Fc1ccc(Oc2nc3sccn3c2CBr)cc1Br. The zero-order chi connectivity index (χ0) is 13.4. The summed E-state index contributed by atoms with van der Waals surface area (Å²) in [6.07, 6.45) is 1.94. The summed E-state index contributed by atoms with van der Waals surface area (Å²) in [7, 11) is 0. The van der Waals surface area contributed by atoms with Crippen molar-refractivity contribution >= 4 is 48.2 Å². The molecule has 98 valence electrons. The molecule has 1 aromatic carbocycles. The van der Waals surface area contributed by atoms with E-state index in [1.54, 1.807) is 12.1 Å². The summed E-state index contributed by atoms with van der Waals surface area (Å²) < 4.78 is 21.2. The van der Waals surface area contributed by atoms with Crippen molar-refractivity contribution in [2.24, 2.45) is 0 Å². The average Bonchev–Trinajstić information content (AvgIpc) is 2.94. The lowest BCUT2D eigenvalue weighted by Gasteiger charge is -2.05. The molecular weight excluding hydrogens is 399 g/mol. The average molecular weight is 406 g/mol. The van der Waals surface area contributed by atoms with Crippen LogP contribution in [0.4, 0.5) is 4.39 Å². The normalized spacial score (nSPS) is 11.1. The van der Waals surface area contributed by atoms with Crippen LogP contribution in [0, 0.1) is 5.82 Å². The van der Waals surface area contributed by atoms with Gasteiger partial charge in [-0.1, -0.05) is 15.9 Å². The summed E-state index contributed by atoms with van der Waals surface area (Å²) in [5, 5.41) is 2.59. The lowest BCUT2D eigenvalue weighted by atomic mass is 10.3. The highest BCUT2D eigenvalue weighted by atomic mass is 79.9. The Kier molecular flexibility index (Phi) is 3.60. The minimum absolute atomic E-state index is 0.320. The number of thiazole rings is 1. The molecule has 0 atom stereocenters. The van der Waals surface area contributed by atoms with Crippen LogP contribution in [0.2, 0.25) is 0 Å². The van der Waals surface area contributed by atoms with E-state index in [0.29, 0.717) is 21.4 Å². The first-order valence-corrected chi connectivity index (χ1v) is 8.11. The van der Waals surface area contributed by atoms with Gasteiger partial charge in [0.25, 0.3) is 0 Å². The number of hydrogen-bond donors (Lipinski definition) is 0. The van der Waals surface area contributed by atoms with Crippen LogP contribution >= 0.6 is 43.2 Å². The van der Waals surface area contributed by atoms with Gasteiger partial charge < -0.3 is 4.74 Å². The van der Waals surface area contributed by atoms with Crippen molar-refractivity contribution in [2.45, 2.75) is 5.33 Å². The summed E-state index contributed by atoms with van der Waals surface area (Å²) in [5.41, 5.74) is 0.927. The smallest absolute Gasteiger partial charge is 0.243 e. The van der Waals surface area contributed by atoms with Crippen molar-refractivity contribution in [1.29, 1.82) is 0 Å². The van der Waals surface area contributed by atoms with Crippen molar-refractivity contribution in [3.8, 4) is 11.6 Å². The number of nitrogens with zero attached hydrogens (tertiary/aromatic N) is 2. The summed E-state index contributed by atoms with van der Waals surface area (Å²) in [6.45, 7) is 0. The zero-order valence-electron chi connectivity index (χ0n) is 9.44. The molecule has 0 bridgehead atoms. The van der Waals surface area contributed by atoms with Gasteiger partial charge >= 0.3 is 0 Å². The highest BCUT2D eigenvalue weighted by Gasteiger charge is 2.14. The van der Waals surface area contributed by atoms with Crippen molar-refractivity contribution in [3.63, 3.8) is 0 Å². The minimum atomic E-state index is -0.320. The topological polar surface area (TPSA) is 26.5 Å². The van der Waals surface area contributed by atoms with Crippen LogP contribution in [0.5, 0.6) is 11.6 Å². The number of fused-ring (bicyclic) bond motifs is 1. The summed E-state index contributed by atoms with van der Waals surface area (Å²) >= 11 is 8.10. The van der Waals surface area contributed by atoms with E-state index in [2.05, 4.69) is 36.8 Å². The van der Waals surface area contributed by atoms with Crippen LogP contribution in [-0.2, 0) is 5.33 Å². The first-order valence-electron chi connectivity index (χ1n) is 5.32. The molecule has 0 radical (unpaired) electrons. The van der Waals surface area contributed by atoms with Gasteiger partial charge in [0.1, 0.15) is 11.6 Å². The van der Waals surface area contributed by atoms with Crippen LogP contribution in [0.15, 0.2) is 34.2 Å². The second-order valence-electron chi connectivity index (χ2n) is 3.73. The number of benzene rings is 1. The van der Waals surface area contributed by atoms with Gasteiger partial charge in [0.15, 0.2) is 4.96 Å². The molecule has 0 spiro atoms. The fourth-order valence-corrected chi connectivity index (χ4v) is 3.26. The van der Waals surface area contributed by atoms with Crippen molar-refractivity contribution in [2.75, 3.05) is 0 Å².